The van der Waals surface area contributed by atoms with Crippen molar-refractivity contribution in [3.05, 3.63) is 76.3 Å². The molecule has 0 saturated carbocycles. The lowest BCUT2D eigenvalue weighted by Gasteiger charge is -2.13. The van der Waals surface area contributed by atoms with Gasteiger partial charge in [0.2, 0.25) is 11.8 Å². The Bertz CT molecular complexity index is 1010. The van der Waals surface area contributed by atoms with Crippen molar-refractivity contribution in [2.24, 2.45) is 4.99 Å². The second-order valence-corrected chi connectivity index (χ2v) is 7.88. The van der Waals surface area contributed by atoms with Gasteiger partial charge in [-0.2, -0.15) is 0 Å². The highest BCUT2D eigenvalue weighted by Gasteiger charge is 2.38. The SMILES string of the molecule is C=CCN1C(=O)C(CC(=O)Nc2ccc([N+](=O)[O-])cc2)SC1=Nc1ccc(Cl)cc1. The van der Waals surface area contributed by atoms with Crippen LogP contribution in [0.2, 0.25) is 5.02 Å². The molecule has 0 spiro atoms. The van der Waals surface area contributed by atoms with Crippen LogP contribution in [0.25, 0.3) is 0 Å². The number of halogens is 1. The number of benzene rings is 2. The minimum absolute atomic E-state index is 0.0617. The van der Waals surface area contributed by atoms with Crippen LogP contribution in [-0.4, -0.2) is 38.6 Å². The van der Waals surface area contributed by atoms with E-state index in [0.717, 1.165) is 0 Å². The van der Waals surface area contributed by atoms with Crippen LogP contribution in [0.4, 0.5) is 17.1 Å². The molecule has 10 heteroatoms. The number of amides is 2. The van der Waals surface area contributed by atoms with Crippen molar-refractivity contribution in [1.82, 2.24) is 4.90 Å². The molecule has 1 saturated heterocycles. The Labute approximate surface area is 181 Å². The number of nitro groups is 1. The van der Waals surface area contributed by atoms with E-state index >= 15 is 0 Å². The Kier molecular flexibility index (Phi) is 6.86. The molecule has 2 aromatic carbocycles. The van der Waals surface area contributed by atoms with Gasteiger partial charge < -0.3 is 5.32 Å². The third-order valence-corrected chi connectivity index (χ3v) is 5.54. The van der Waals surface area contributed by atoms with Gasteiger partial charge in [-0.25, -0.2) is 4.99 Å². The van der Waals surface area contributed by atoms with Crippen molar-refractivity contribution in [2.45, 2.75) is 11.7 Å². The third-order valence-electron chi connectivity index (χ3n) is 4.12. The largest absolute Gasteiger partial charge is 0.326 e. The fraction of sp³-hybridized carbons (Fsp3) is 0.150. The molecule has 8 nitrogen and oxygen atoms in total. The number of non-ortho nitro benzene ring substituents is 1. The third kappa shape index (κ3) is 5.25. The Balaban J connectivity index is 1.70. The highest BCUT2D eigenvalue weighted by molar-refractivity contribution is 8.15. The summed E-state index contributed by atoms with van der Waals surface area (Å²) in [4.78, 5) is 41.3. The molecule has 154 valence electrons. The van der Waals surface area contributed by atoms with Crippen LogP contribution in [-0.2, 0) is 9.59 Å². The number of hydrogen-bond donors (Lipinski definition) is 1. The van der Waals surface area contributed by atoms with Crippen molar-refractivity contribution in [3.8, 4) is 0 Å². The van der Waals surface area contributed by atoms with Gasteiger partial charge in [-0.05, 0) is 36.4 Å². The number of carbonyl (C=O) groups is 2. The molecule has 1 fully saturated rings. The molecule has 0 bridgehead atoms. The lowest BCUT2D eigenvalue weighted by Crippen LogP contribution is -2.33. The number of carbonyl (C=O) groups excluding carboxylic acids is 2. The summed E-state index contributed by atoms with van der Waals surface area (Å²) in [6, 6.07) is 12.4. The molecule has 0 aliphatic carbocycles. The summed E-state index contributed by atoms with van der Waals surface area (Å²) in [5.74, 6) is -0.604. The van der Waals surface area contributed by atoms with Crippen LogP contribution in [0.5, 0.6) is 0 Å². The first-order valence-electron chi connectivity index (χ1n) is 8.85. The van der Waals surface area contributed by atoms with E-state index in [1.807, 2.05) is 0 Å². The van der Waals surface area contributed by atoms with Gasteiger partial charge in [0, 0.05) is 35.8 Å². The molecule has 0 radical (unpaired) electrons. The van der Waals surface area contributed by atoms with Gasteiger partial charge in [0.1, 0.15) is 5.25 Å². The van der Waals surface area contributed by atoms with E-state index in [-0.39, 0.29) is 30.5 Å². The fourth-order valence-electron chi connectivity index (χ4n) is 2.70. The van der Waals surface area contributed by atoms with E-state index in [9.17, 15) is 19.7 Å². The van der Waals surface area contributed by atoms with Crippen LogP contribution >= 0.6 is 23.4 Å². The van der Waals surface area contributed by atoms with Gasteiger partial charge in [-0.15, -0.1) is 6.58 Å². The second kappa shape index (κ2) is 9.55. The lowest BCUT2D eigenvalue weighted by atomic mass is 10.2. The molecular formula is C20H17ClN4O4S. The number of nitrogens with one attached hydrogen (secondary N) is 1. The molecule has 1 aliphatic heterocycles. The van der Waals surface area contributed by atoms with Crippen molar-refractivity contribution < 1.29 is 14.5 Å². The lowest BCUT2D eigenvalue weighted by molar-refractivity contribution is -0.384. The Morgan fingerprint density at radius 1 is 1.27 bits per heavy atom. The molecule has 1 unspecified atom stereocenters. The molecule has 2 aromatic rings. The van der Waals surface area contributed by atoms with Crippen molar-refractivity contribution in [2.75, 3.05) is 11.9 Å². The molecule has 1 heterocycles. The maximum absolute atomic E-state index is 12.8. The number of thioether (sulfide) groups is 1. The monoisotopic (exact) mass is 444 g/mol. The zero-order valence-corrected chi connectivity index (χ0v) is 17.2. The van der Waals surface area contributed by atoms with E-state index in [2.05, 4.69) is 16.9 Å². The summed E-state index contributed by atoms with van der Waals surface area (Å²) in [7, 11) is 0. The normalized spacial score (nSPS) is 17.2. The molecule has 3 rings (SSSR count). The first-order valence-corrected chi connectivity index (χ1v) is 10.1. The zero-order valence-electron chi connectivity index (χ0n) is 15.7. The predicted molar refractivity (Wildman–Crippen MR) is 118 cm³/mol. The molecule has 0 aromatic heterocycles. The van der Waals surface area contributed by atoms with Crippen LogP contribution < -0.4 is 5.32 Å². The Morgan fingerprint density at radius 2 is 1.93 bits per heavy atom. The number of rotatable bonds is 7. The topological polar surface area (TPSA) is 105 Å². The Morgan fingerprint density at radius 3 is 2.53 bits per heavy atom. The number of hydrogen-bond acceptors (Lipinski definition) is 6. The fourth-order valence-corrected chi connectivity index (χ4v) is 3.99. The smallest absolute Gasteiger partial charge is 0.269 e. The molecular weight excluding hydrogens is 428 g/mol. The maximum atomic E-state index is 12.8. The van der Waals surface area contributed by atoms with E-state index in [1.165, 1.54) is 40.9 Å². The summed E-state index contributed by atoms with van der Waals surface area (Å²) >= 11 is 7.10. The number of nitrogens with zero attached hydrogens (tertiary/aromatic N) is 3. The molecule has 1 N–H and O–H groups in total. The van der Waals surface area contributed by atoms with Gasteiger partial charge >= 0.3 is 0 Å². The van der Waals surface area contributed by atoms with Gasteiger partial charge in [0.05, 0.1) is 10.6 Å². The minimum Gasteiger partial charge on any atom is -0.326 e. The summed E-state index contributed by atoms with van der Waals surface area (Å²) in [6.07, 6.45) is 1.53. The van der Waals surface area contributed by atoms with Crippen molar-refractivity contribution in [1.29, 1.82) is 0 Å². The summed E-state index contributed by atoms with van der Waals surface area (Å²) < 4.78 is 0. The highest BCUT2D eigenvalue weighted by Crippen LogP contribution is 2.32. The van der Waals surface area contributed by atoms with Crippen LogP contribution in [0.3, 0.4) is 0 Å². The number of aliphatic imine (C=N–C) groups is 1. The van der Waals surface area contributed by atoms with Gasteiger partial charge in [0.15, 0.2) is 5.17 Å². The van der Waals surface area contributed by atoms with E-state index in [4.69, 9.17) is 11.6 Å². The maximum Gasteiger partial charge on any atom is 0.269 e. The summed E-state index contributed by atoms with van der Waals surface area (Å²) in [6.45, 7) is 3.95. The van der Waals surface area contributed by atoms with Crippen LogP contribution in [0.15, 0.2) is 66.2 Å². The van der Waals surface area contributed by atoms with E-state index in [0.29, 0.717) is 21.6 Å². The van der Waals surface area contributed by atoms with Crippen LogP contribution in [0, 0.1) is 10.1 Å². The summed E-state index contributed by atoms with van der Waals surface area (Å²) in [5, 5.41) is 13.8. The summed E-state index contributed by atoms with van der Waals surface area (Å²) in [5.41, 5.74) is 0.983. The second-order valence-electron chi connectivity index (χ2n) is 6.27. The predicted octanol–water partition coefficient (Wildman–Crippen LogP) is 4.39. The number of amidine groups is 1. The van der Waals surface area contributed by atoms with Crippen LogP contribution in [0.1, 0.15) is 6.42 Å². The van der Waals surface area contributed by atoms with E-state index in [1.54, 1.807) is 30.3 Å². The standard InChI is InChI=1S/C20H17ClN4O4S/c1-2-11-24-19(27)17(30-20(24)23-15-5-3-13(21)4-6-15)12-18(26)22-14-7-9-16(10-8-14)25(28)29/h2-10,17H,1,11-12H2,(H,22,26). The van der Waals surface area contributed by atoms with Gasteiger partial charge in [0.25, 0.3) is 5.69 Å². The average Bonchev–Trinajstić information content (AvgIpc) is 2.99. The minimum atomic E-state index is -0.631. The molecule has 2 amide bonds. The number of nitro benzene ring substituents is 1. The average molecular weight is 445 g/mol. The van der Waals surface area contributed by atoms with Crippen molar-refractivity contribution >= 4 is 57.4 Å². The van der Waals surface area contributed by atoms with E-state index < -0.39 is 10.2 Å². The zero-order chi connectivity index (χ0) is 21.7. The quantitative estimate of drug-likeness (QED) is 0.387. The Hall–Kier alpha value is -3.17. The van der Waals surface area contributed by atoms with Gasteiger partial charge in [-0.1, -0.05) is 29.4 Å². The molecule has 30 heavy (non-hydrogen) atoms. The first-order chi connectivity index (χ1) is 14.4. The molecule has 1 atom stereocenters. The van der Waals surface area contributed by atoms with Crippen molar-refractivity contribution in [3.63, 3.8) is 0 Å². The van der Waals surface area contributed by atoms with Gasteiger partial charge in [-0.3, -0.25) is 24.6 Å². The number of anilines is 1. The molecule has 1 aliphatic rings. The first kappa shape index (κ1) is 21.5. The highest BCUT2D eigenvalue weighted by atomic mass is 35.5.